The molecule has 0 unspecified atom stereocenters. The van der Waals surface area contributed by atoms with E-state index in [0.717, 1.165) is 0 Å². The van der Waals surface area contributed by atoms with Gasteiger partial charge < -0.3 is 14.2 Å². The first kappa shape index (κ1) is 17.9. The van der Waals surface area contributed by atoms with E-state index < -0.39 is 17.4 Å². The maximum atomic E-state index is 12.2. The zero-order valence-corrected chi connectivity index (χ0v) is 12.7. The van der Waals surface area contributed by atoms with Crippen molar-refractivity contribution in [3.63, 3.8) is 0 Å². The molecule has 5 nitrogen and oxygen atoms in total. The highest BCUT2D eigenvalue weighted by molar-refractivity contribution is 6.00. The summed E-state index contributed by atoms with van der Waals surface area (Å²) in [6.45, 7) is 10.0. The van der Waals surface area contributed by atoms with E-state index >= 15 is 0 Å². The van der Waals surface area contributed by atoms with Crippen LogP contribution in [0, 0.1) is 11.3 Å². The monoisotopic (exact) mass is 274 g/mol. The molecule has 0 rings (SSSR count). The third-order valence-corrected chi connectivity index (χ3v) is 2.64. The third kappa shape index (κ3) is 5.19. The molecule has 0 aromatic heterocycles. The highest BCUT2D eigenvalue weighted by Crippen LogP contribution is 2.31. The minimum Gasteiger partial charge on any atom is -0.465 e. The highest BCUT2D eigenvalue weighted by atomic mass is 16.6. The minimum atomic E-state index is -1.35. The highest BCUT2D eigenvalue weighted by Gasteiger charge is 2.49. The Hall–Kier alpha value is -1.10. The molecule has 0 aliphatic rings. The van der Waals surface area contributed by atoms with Crippen molar-refractivity contribution in [2.75, 3.05) is 26.4 Å². The molecule has 0 aromatic rings. The first-order chi connectivity index (χ1) is 8.94. The molecule has 0 atom stereocenters. The first-order valence-electron chi connectivity index (χ1n) is 6.86. The molecule has 0 fully saturated rings. The predicted octanol–water partition coefficient (Wildman–Crippen LogP) is 2.18. The summed E-state index contributed by atoms with van der Waals surface area (Å²) in [5.41, 5.74) is -1.35. The molecule has 0 bridgehead atoms. The molecule has 0 aromatic carbocycles. The van der Waals surface area contributed by atoms with Crippen LogP contribution < -0.4 is 0 Å². The SMILES string of the molecule is CCOCC(CC(C)C)(C(=O)OCC)C(=O)OCC. The Bertz CT molecular complexity index is 268. The molecule has 19 heavy (non-hydrogen) atoms. The van der Waals surface area contributed by atoms with E-state index in [0.29, 0.717) is 13.0 Å². The molecule has 0 heterocycles. The maximum Gasteiger partial charge on any atom is 0.325 e. The summed E-state index contributed by atoms with van der Waals surface area (Å²) >= 11 is 0. The van der Waals surface area contributed by atoms with Crippen LogP contribution in [-0.4, -0.2) is 38.4 Å². The van der Waals surface area contributed by atoms with Gasteiger partial charge in [0.2, 0.25) is 0 Å². The fourth-order valence-corrected chi connectivity index (χ4v) is 1.94. The normalized spacial score (nSPS) is 11.5. The van der Waals surface area contributed by atoms with Gasteiger partial charge in [0.05, 0.1) is 19.8 Å². The van der Waals surface area contributed by atoms with Crippen LogP contribution in [0.4, 0.5) is 0 Å². The lowest BCUT2D eigenvalue weighted by molar-refractivity contribution is -0.178. The van der Waals surface area contributed by atoms with Crippen LogP contribution >= 0.6 is 0 Å². The van der Waals surface area contributed by atoms with Gasteiger partial charge >= 0.3 is 11.9 Å². The molecule has 0 aliphatic carbocycles. The molecule has 0 aliphatic heterocycles. The third-order valence-electron chi connectivity index (χ3n) is 2.64. The first-order valence-corrected chi connectivity index (χ1v) is 6.86. The average Bonchev–Trinajstić information content (AvgIpc) is 2.34. The van der Waals surface area contributed by atoms with Crippen molar-refractivity contribution >= 4 is 11.9 Å². The van der Waals surface area contributed by atoms with E-state index in [9.17, 15) is 9.59 Å². The molecular formula is C14H26O5. The van der Waals surface area contributed by atoms with E-state index in [2.05, 4.69) is 0 Å². The van der Waals surface area contributed by atoms with Gasteiger partial charge in [-0.15, -0.1) is 0 Å². The van der Waals surface area contributed by atoms with E-state index in [4.69, 9.17) is 14.2 Å². The van der Waals surface area contributed by atoms with Crippen LogP contribution in [0.5, 0.6) is 0 Å². The summed E-state index contributed by atoms with van der Waals surface area (Å²) in [5.74, 6) is -0.972. The molecule has 112 valence electrons. The summed E-state index contributed by atoms with van der Waals surface area (Å²) < 4.78 is 15.4. The molecule has 0 N–H and O–H groups in total. The zero-order valence-electron chi connectivity index (χ0n) is 12.7. The van der Waals surface area contributed by atoms with Gasteiger partial charge in [0.25, 0.3) is 0 Å². The van der Waals surface area contributed by atoms with Gasteiger partial charge in [-0.1, -0.05) is 13.8 Å². The topological polar surface area (TPSA) is 61.8 Å². The minimum absolute atomic E-state index is 0.000648. The Labute approximate surface area is 115 Å². The van der Waals surface area contributed by atoms with Crippen molar-refractivity contribution in [1.29, 1.82) is 0 Å². The smallest absolute Gasteiger partial charge is 0.325 e. The quantitative estimate of drug-likeness (QED) is 0.476. The van der Waals surface area contributed by atoms with E-state index in [1.54, 1.807) is 13.8 Å². The number of carbonyl (C=O) groups excluding carboxylic acids is 2. The fraction of sp³-hybridized carbons (Fsp3) is 0.857. The van der Waals surface area contributed by atoms with Crippen molar-refractivity contribution in [1.82, 2.24) is 0 Å². The number of ether oxygens (including phenoxy) is 3. The van der Waals surface area contributed by atoms with Gasteiger partial charge in [0.1, 0.15) is 0 Å². The lowest BCUT2D eigenvalue weighted by Gasteiger charge is -2.30. The van der Waals surface area contributed by atoms with Crippen molar-refractivity contribution in [3.05, 3.63) is 0 Å². The average molecular weight is 274 g/mol. The summed E-state index contributed by atoms with van der Waals surface area (Å²) in [5, 5.41) is 0. The van der Waals surface area contributed by atoms with Crippen LogP contribution in [0.2, 0.25) is 0 Å². The zero-order chi connectivity index (χ0) is 14.9. The van der Waals surface area contributed by atoms with Crippen molar-refractivity contribution in [2.45, 2.75) is 41.0 Å². The molecule has 0 radical (unpaired) electrons. The van der Waals surface area contributed by atoms with Gasteiger partial charge in [-0.05, 0) is 33.1 Å². The van der Waals surface area contributed by atoms with E-state index in [-0.39, 0.29) is 25.7 Å². The Balaban J connectivity index is 5.29. The van der Waals surface area contributed by atoms with Crippen LogP contribution in [0.3, 0.4) is 0 Å². The Morgan fingerprint density at radius 2 is 1.42 bits per heavy atom. The van der Waals surface area contributed by atoms with Crippen molar-refractivity contribution in [3.8, 4) is 0 Å². The standard InChI is InChI=1S/C14H26O5/c1-6-17-10-14(9-11(4)5,12(15)18-7-2)13(16)19-8-3/h11H,6-10H2,1-5H3. The second-order valence-corrected chi connectivity index (χ2v) is 4.76. The number of esters is 2. The fourth-order valence-electron chi connectivity index (χ4n) is 1.94. The van der Waals surface area contributed by atoms with Crippen molar-refractivity contribution in [2.24, 2.45) is 11.3 Å². The Morgan fingerprint density at radius 3 is 1.74 bits per heavy atom. The molecule has 0 saturated carbocycles. The van der Waals surface area contributed by atoms with E-state index in [1.165, 1.54) is 0 Å². The second-order valence-electron chi connectivity index (χ2n) is 4.76. The molecule has 0 saturated heterocycles. The van der Waals surface area contributed by atoms with Crippen LogP contribution in [-0.2, 0) is 23.8 Å². The van der Waals surface area contributed by atoms with Gasteiger partial charge in [-0.2, -0.15) is 0 Å². The van der Waals surface area contributed by atoms with Gasteiger partial charge in [-0.25, -0.2) is 0 Å². The maximum absolute atomic E-state index is 12.2. The molecule has 5 heteroatoms. The summed E-state index contributed by atoms with van der Waals surface area (Å²) in [7, 11) is 0. The second kappa shape index (κ2) is 8.91. The number of hydrogen-bond donors (Lipinski definition) is 0. The summed E-state index contributed by atoms with van der Waals surface area (Å²) in [6, 6.07) is 0. The molecular weight excluding hydrogens is 248 g/mol. The van der Waals surface area contributed by atoms with Crippen LogP contribution in [0.25, 0.3) is 0 Å². The number of carbonyl (C=O) groups is 2. The van der Waals surface area contributed by atoms with Gasteiger partial charge in [0.15, 0.2) is 5.41 Å². The predicted molar refractivity (Wildman–Crippen MR) is 71.6 cm³/mol. The van der Waals surface area contributed by atoms with Gasteiger partial charge in [-0.3, -0.25) is 9.59 Å². The van der Waals surface area contributed by atoms with E-state index in [1.807, 2.05) is 20.8 Å². The summed E-state index contributed by atoms with van der Waals surface area (Å²) in [6.07, 6.45) is 0.352. The number of hydrogen-bond acceptors (Lipinski definition) is 5. The van der Waals surface area contributed by atoms with Gasteiger partial charge in [0, 0.05) is 6.61 Å². The number of rotatable bonds is 9. The largest absolute Gasteiger partial charge is 0.465 e. The lowest BCUT2D eigenvalue weighted by Crippen LogP contribution is -2.46. The molecule has 0 spiro atoms. The van der Waals surface area contributed by atoms with Crippen molar-refractivity contribution < 1.29 is 23.8 Å². The lowest BCUT2D eigenvalue weighted by atomic mass is 9.80. The molecule has 0 amide bonds. The Morgan fingerprint density at radius 1 is 0.947 bits per heavy atom. The Kier molecular flexibility index (Phi) is 8.39. The van der Waals surface area contributed by atoms with Crippen LogP contribution in [0.15, 0.2) is 0 Å². The summed E-state index contributed by atoms with van der Waals surface area (Å²) in [4.78, 5) is 24.4. The van der Waals surface area contributed by atoms with Crippen LogP contribution in [0.1, 0.15) is 41.0 Å².